The van der Waals surface area contributed by atoms with Crippen molar-refractivity contribution in [2.24, 2.45) is 0 Å². The number of fused-ring (bicyclic) bond motifs is 1. The van der Waals surface area contributed by atoms with Gasteiger partial charge in [-0.2, -0.15) is 0 Å². The zero-order valence-electron chi connectivity index (χ0n) is 16.0. The van der Waals surface area contributed by atoms with Gasteiger partial charge in [0.1, 0.15) is 5.58 Å². The Kier molecular flexibility index (Phi) is 5.32. The Balaban J connectivity index is 1.81. The van der Waals surface area contributed by atoms with Crippen LogP contribution in [0.5, 0.6) is 0 Å². The number of para-hydroxylation sites is 1. The summed E-state index contributed by atoms with van der Waals surface area (Å²) in [6, 6.07) is 7.99. The zero-order chi connectivity index (χ0) is 18.8. The molecule has 2 amide bonds. The molecule has 1 aromatic heterocycles. The van der Waals surface area contributed by atoms with Crippen molar-refractivity contribution in [2.75, 3.05) is 34.2 Å². The first-order valence-electron chi connectivity index (χ1n) is 9.06. The van der Waals surface area contributed by atoms with Gasteiger partial charge in [-0.15, -0.1) is 0 Å². The fourth-order valence-electron chi connectivity index (χ4n) is 3.60. The van der Waals surface area contributed by atoms with Crippen LogP contribution in [-0.4, -0.2) is 66.8 Å². The second kappa shape index (κ2) is 7.50. The summed E-state index contributed by atoms with van der Waals surface area (Å²) < 4.78 is 5.95. The van der Waals surface area contributed by atoms with Gasteiger partial charge in [-0.1, -0.05) is 18.2 Å². The van der Waals surface area contributed by atoms with E-state index in [1.165, 1.54) is 0 Å². The smallest absolute Gasteiger partial charge is 0.289 e. The van der Waals surface area contributed by atoms with Crippen LogP contribution in [0.4, 0.5) is 0 Å². The van der Waals surface area contributed by atoms with Crippen molar-refractivity contribution in [1.82, 2.24) is 14.7 Å². The molecule has 1 saturated heterocycles. The summed E-state index contributed by atoms with van der Waals surface area (Å²) in [6.45, 7) is 3.51. The number of rotatable bonds is 4. The lowest BCUT2D eigenvalue weighted by atomic mass is 10.0. The normalized spacial score (nSPS) is 15.7. The number of benzene rings is 1. The summed E-state index contributed by atoms with van der Waals surface area (Å²) in [6.07, 6.45) is 1.59. The number of hydrogen-bond donors (Lipinski definition) is 0. The monoisotopic (exact) mass is 357 g/mol. The molecule has 26 heavy (non-hydrogen) atoms. The standard InChI is InChI=1S/C20H27N3O3/c1-14(24)22(4)15-9-11-23(12-10-15)20(25)19-17(13-21(2)3)16-7-5-6-8-18(16)26-19/h5-8,15H,9-13H2,1-4H3. The van der Waals surface area contributed by atoms with E-state index in [9.17, 15) is 9.59 Å². The average molecular weight is 357 g/mol. The van der Waals surface area contributed by atoms with Gasteiger partial charge in [-0.3, -0.25) is 9.59 Å². The van der Waals surface area contributed by atoms with Crippen molar-refractivity contribution in [1.29, 1.82) is 0 Å². The lowest BCUT2D eigenvalue weighted by Gasteiger charge is -2.36. The Morgan fingerprint density at radius 3 is 2.42 bits per heavy atom. The first kappa shape index (κ1) is 18.5. The van der Waals surface area contributed by atoms with E-state index in [0.29, 0.717) is 25.4 Å². The van der Waals surface area contributed by atoms with Gasteiger partial charge in [0.05, 0.1) is 0 Å². The number of hydrogen-bond acceptors (Lipinski definition) is 4. The maximum absolute atomic E-state index is 13.1. The summed E-state index contributed by atoms with van der Waals surface area (Å²) in [7, 11) is 5.80. The zero-order valence-corrected chi connectivity index (χ0v) is 16.0. The van der Waals surface area contributed by atoms with E-state index in [4.69, 9.17) is 4.42 Å². The van der Waals surface area contributed by atoms with Gasteiger partial charge in [0.15, 0.2) is 5.76 Å². The fraction of sp³-hybridized carbons (Fsp3) is 0.500. The van der Waals surface area contributed by atoms with Crippen molar-refractivity contribution < 1.29 is 14.0 Å². The minimum absolute atomic E-state index is 0.0537. The van der Waals surface area contributed by atoms with E-state index in [1.54, 1.807) is 11.8 Å². The van der Waals surface area contributed by atoms with Crippen LogP contribution in [0.2, 0.25) is 0 Å². The fourth-order valence-corrected chi connectivity index (χ4v) is 3.60. The molecule has 0 saturated carbocycles. The Labute approximate surface area is 154 Å². The van der Waals surface area contributed by atoms with E-state index >= 15 is 0 Å². The summed E-state index contributed by atoms with van der Waals surface area (Å²) in [5, 5.41) is 0.996. The number of furan rings is 1. The third-order valence-electron chi connectivity index (χ3n) is 5.16. The van der Waals surface area contributed by atoms with Crippen LogP contribution in [0, 0.1) is 0 Å². The highest BCUT2D eigenvalue weighted by Crippen LogP contribution is 2.29. The van der Waals surface area contributed by atoms with E-state index in [0.717, 1.165) is 29.4 Å². The molecule has 0 atom stereocenters. The lowest BCUT2D eigenvalue weighted by Crippen LogP contribution is -2.46. The summed E-state index contributed by atoms with van der Waals surface area (Å²) >= 11 is 0. The van der Waals surface area contributed by atoms with Crippen molar-refractivity contribution in [3.63, 3.8) is 0 Å². The van der Waals surface area contributed by atoms with Crippen molar-refractivity contribution >= 4 is 22.8 Å². The largest absolute Gasteiger partial charge is 0.451 e. The van der Waals surface area contributed by atoms with Crippen LogP contribution in [-0.2, 0) is 11.3 Å². The minimum atomic E-state index is -0.0537. The molecule has 0 N–H and O–H groups in total. The molecule has 2 heterocycles. The van der Waals surface area contributed by atoms with Gasteiger partial charge >= 0.3 is 0 Å². The van der Waals surface area contributed by atoms with E-state index < -0.39 is 0 Å². The van der Waals surface area contributed by atoms with Crippen LogP contribution >= 0.6 is 0 Å². The second-order valence-electron chi connectivity index (χ2n) is 7.30. The van der Waals surface area contributed by atoms with E-state index in [1.807, 2.05) is 55.2 Å². The summed E-state index contributed by atoms with van der Waals surface area (Å²) in [5.74, 6) is 0.459. The first-order chi connectivity index (χ1) is 12.4. The van der Waals surface area contributed by atoms with Crippen molar-refractivity contribution in [2.45, 2.75) is 32.4 Å². The van der Waals surface area contributed by atoms with Gasteiger partial charge in [0.25, 0.3) is 5.91 Å². The molecule has 2 aromatic rings. The third-order valence-corrected chi connectivity index (χ3v) is 5.16. The van der Waals surface area contributed by atoms with E-state index in [-0.39, 0.29) is 17.9 Å². The molecule has 0 spiro atoms. The number of nitrogens with zero attached hydrogens (tertiary/aromatic N) is 3. The third kappa shape index (κ3) is 3.60. The molecule has 140 valence electrons. The topological polar surface area (TPSA) is 57.0 Å². The lowest BCUT2D eigenvalue weighted by molar-refractivity contribution is -0.130. The first-order valence-corrected chi connectivity index (χ1v) is 9.06. The predicted octanol–water partition coefficient (Wildman–Crippen LogP) is 2.58. The van der Waals surface area contributed by atoms with Crippen LogP contribution in [0.15, 0.2) is 28.7 Å². The maximum Gasteiger partial charge on any atom is 0.289 e. The summed E-state index contributed by atoms with van der Waals surface area (Å²) in [4.78, 5) is 30.3. The molecule has 6 heteroatoms. The molecule has 0 bridgehead atoms. The Bertz CT molecular complexity index is 804. The highest BCUT2D eigenvalue weighted by Gasteiger charge is 2.30. The van der Waals surface area contributed by atoms with Gasteiger partial charge in [-0.05, 0) is 33.0 Å². The molecule has 1 fully saturated rings. The number of carbonyl (C=O) groups excluding carboxylic acids is 2. The quantitative estimate of drug-likeness (QED) is 0.844. The molecular weight excluding hydrogens is 330 g/mol. The molecular formula is C20H27N3O3. The molecule has 1 aromatic carbocycles. The number of carbonyl (C=O) groups is 2. The van der Waals surface area contributed by atoms with Gasteiger partial charge in [0, 0.05) is 50.6 Å². The van der Waals surface area contributed by atoms with E-state index in [2.05, 4.69) is 0 Å². The maximum atomic E-state index is 13.1. The number of amides is 2. The van der Waals surface area contributed by atoms with Crippen molar-refractivity contribution in [3.8, 4) is 0 Å². The minimum Gasteiger partial charge on any atom is -0.451 e. The van der Waals surface area contributed by atoms with Crippen LogP contribution in [0.3, 0.4) is 0 Å². The van der Waals surface area contributed by atoms with Gasteiger partial charge < -0.3 is 19.1 Å². The highest BCUT2D eigenvalue weighted by atomic mass is 16.3. The molecule has 0 aliphatic carbocycles. The van der Waals surface area contributed by atoms with Crippen LogP contribution < -0.4 is 0 Å². The SMILES string of the molecule is CC(=O)N(C)C1CCN(C(=O)c2oc3ccccc3c2CN(C)C)CC1. The molecule has 6 nitrogen and oxygen atoms in total. The molecule has 1 aliphatic rings. The molecule has 0 unspecified atom stereocenters. The Morgan fingerprint density at radius 2 is 1.81 bits per heavy atom. The summed E-state index contributed by atoms with van der Waals surface area (Å²) in [5.41, 5.74) is 1.69. The Hall–Kier alpha value is -2.34. The van der Waals surface area contributed by atoms with Crippen LogP contribution in [0.25, 0.3) is 11.0 Å². The highest BCUT2D eigenvalue weighted by molar-refractivity contribution is 5.99. The molecule has 1 aliphatic heterocycles. The van der Waals surface area contributed by atoms with Gasteiger partial charge in [-0.25, -0.2) is 0 Å². The van der Waals surface area contributed by atoms with Gasteiger partial charge in [0.2, 0.25) is 5.91 Å². The van der Waals surface area contributed by atoms with Crippen LogP contribution in [0.1, 0.15) is 35.9 Å². The molecule has 0 radical (unpaired) electrons. The number of piperidine rings is 1. The molecule has 3 rings (SSSR count). The number of likely N-dealkylation sites (tertiary alicyclic amines) is 1. The Morgan fingerprint density at radius 1 is 1.15 bits per heavy atom. The predicted molar refractivity (Wildman–Crippen MR) is 101 cm³/mol. The second-order valence-corrected chi connectivity index (χ2v) is 7.30. The average Bonchev–Trinajstić information content (AvgIpc) is 2.98. The van der Waals surface area contributed by atoms with Crippen molar-refractivity contribution in [3.05, 3.63) is 35.6 Å².